The summed E-state index contributed by atoms with van der Waals surface area (Å²) in [7, 11) is 1.86. The van der Waals surface area contributed by atoms with Gasteiger partial charge in [-0.25, -0.2) is 0 Å². The Kier molecular flexibility index (Phi) is 3.19. The van der Waals surface area contributed by atoms with Crippen LogP contribution in [-0.2, 0) is 4.79 Å². The van der Waals surface area contributed by atoms with Crippen molar-refractivity contribution in [2.75, 3.05) is 25.0 Å². The van der Waals surface area contributed by atoms with Gasteiger partial charge in [0, 0.05) is 31.4 Å². The minimum Gasteiger partial charge on any atom is -0.388 e. The number of fused-ring (bicyclic) bond motifs is 1. The van der Waals surface area contributed by atoms with Gasteiger partial charge < -0.3 is 14.9 Å². The van der Waals surface area contributed by atoms with E-state index < -0.39 is 6.10 Å². The fourth-order valence-corrected chi connectivity index (χ4v) is 3.18. The quantitative estimate of drug-likeness (QED) is 0.833. The molecule has 102 valence electrons. The van der Waals surface area contributed by atoms with Crippen LogP contribution >= 0.6 is 0 Å². The minimum absolute atomic E-state index is 0.0588. The lowest BCUT2D eigenvalue weighted by atomic mass is 10.0. The minimum atomic E-state index is -0.407. The van der Waals surface area contributed by atoms with E-state index in [4.69, 9.17) is 0 Å². The van der Waals surface area contributed by atoms with Crippen molar-refractivity contribution in [3.8, 4) is 0 Å². The van der Waals surface area contributed by atoms with Crippen LogP contribution in [0.15, 0.2) is 24.3 Å². The fraction of sp³-hybridized carbons (Fsp3) is 0.533. The molecule has 0 spiro atoms. The maximum atomic E-state index is 12.2. The molecule has 0 saturated carbocycles. The van der Waals surface area contributed by atoms with Crippen LogP contribution in [0.1, 0.15) is 30.9 Å². The summed E-state index contributed by atoms with van der Waals surface area (Å²) in [5.74, 6) is 0.200. The molecule has 4 nitrogen and oxygen atoms in total. The summed E-state index contributed by atoms with van der Waals surface area (Å²) in [6.45, 7) is 1.67. The molecule has 1 aromatic carbocycles. The van der Waals surface area contributed by atoms with Gasteiger partial charge in [0.15, 0.2) is 0 Å². The molecule has 1 saturated heterocycles. The third kappa shape index (κ3) is 2.10. The fourth-order valence-electron chi connectivity index (χ4n) is 3.18. The smallest absolute Gasteiger partial charge is 0.245 e. The second kappa shape index (κ2) is 4.85. The van der Waals surface area contributed by atoms with E-state index in [1.54, 1.807) is 4.90 Å². The molecule has 1 amide bonds. The Hall–Kier alpha value is -1.55. The van der Waals surface area contributed by atoms with Crippen molar-refractivity contribution in [1.29, 1.82) is 0 Å². The van der Waals surface area contributed by atoms with Crippen molar-refractivity contribution in [3.05, 3.63) is 29.8 Å². The molecule has 1 fully saturated rings. The first-order chi connectivity index (χ1) is 9.18. The third-order valence-corrected chi connectivity index (χ3v) is 4.26. The van der Waals surface area contributed by atoms with Crippen molar-refractivity contribution in [3.63, 3.8) is 0 Å². The maximum absolute atomic E-state index is 12.2. The zero-order chi connectivity index (χ0) is 13.4. The van der Waals surface area contributed by atoms with Crippen LogP contribution in [0, 0.1) is 0 Å². The Bertz CT molecular complexity index is 489. The average Bonchev–Trinajstić information content (AvgIpc) is 2.66. The highest BCUT2D eigenvalue weighted by molar-refractivity contribution is 5.87. The van der Waals surface area contributed by atoms with E-state index >= 15 is 0 Å². The van der Waals surface area contributed by atoms with E-state index in [-0.39, 0.29) is 11.9 Å². The number of hydrogen-bond acceptors (Lipinski definition) is 3. The van der Waals surface area contributed by atoms with Gasteiger partial charge in [-0.1, -0.05) is 18.2 Å². The zero-order valence-corrected chi connectivity index (χ0v) is 11.2. The van der Waals surface area contributed by atoms with Gasteiger partial charge in [0.1, 0.15) is 6.04 Å². The van der Waals surface area contributed by atoms with Crippen molar-refractivity contribution < 1.29 is 9.90 Å². The number of carbonyl (C=O) groups excluding carboxylic acids is 1. The van der Waals surface area contributed by atoms with E-state index in [9.17, 15) is 9.90 Å². The molecule has 1 aromatic rings. The van der Waals surface area contributed by atoms with Crippen molar-refractivity contribution in [1.82, 2.24) is 4.90 Å². The van der Waals surface area contributed by atoms with Gasteiger partial charge in [-0.05, 0) is 25.3 Å². The number of likely N-dealkylation sites (N-methyl/N-ethyl adjacent to an activating group) is 1. The molecule has 2 aliphatic heterocycles. The number of nitrogens with zero attached hydrogens (tertiary/aromatic N) is 2. The standard InChI is InChI=1S/C15H20N2O2/c1-16-10-8-13(15(16)19)17-9-4-7-14(18)11-5-2-3-6-12(11)17/h2-3,5-6,13-14,18H,4,7-10H2,1H3. The SMILES string of the molecule is CN1CCC(N2CCCC(O)c3ccccc32)C1=O. The molecule has 2 heterocycles. The van der Waals surface area contributed by atoms with Gasteiger partial charge in [0.25, 0.3) is 0 Å². The molecule has 0 bridgehead atoms. The molecule has 2 unspecified atom stereocenters. The van der Waals surface area contributed by atoms with Gasteiger partial charge in [-0.15, -0.1) is 0 Å². The van der Waals surface area contributed by atoms with Crippen molar-refractivity contribution in [2.24, 2.45) is 0 Å². The molecule has 2 atom stereocenters. The Morgan fingerprint density at radius 1 is 1.21 bits per heavy atom. The van der Waals surface area contributed by atoms with E-state index in [1.807, 2.05) is 31.3 Å². The first-order valence-electron chi connectivity index (χ1n) is 6.97. The number of hydrogen-bond donors (Lipinski definition) is 1. The van der Waals surface area contributed by atoms with E-state index in [0.717, 1.165) is 43.6 Å². The van der Waals surface area contributed by atoms with Crippen LogP contribution in [0.4, 0.5) is 5.69 Å². The Morgan fingerprint density at radius 2 is 2.00 bits per heavy atom. The number of aliphatic hydroxyl groups is 1. The van der Waals surface area contributed by atoms with Crippen LogP contribution in [0.25, 0.3) is 0 Å². The summed E-state index contributed by atoms with van der Waals surface area (Å²) < 4.78 is 0. The third-order valence-electron chi connectivity index (χ3n) is 4.26. The van der Waals surface area contributed by atoms with Crippen molar-refractivity contribution >= 4 is 11.6 Å². The molecule has 2 aliphatic rings. The zero-order valence-electron chi connectivity index (χ0n) is 11.2. The molecule has 0 radical (unpaired) electrons. The van der Waals surface area contributed by atoms with Crippen LogP contribution in [0.2, 0.25) is 0 Å². The topological polar surface area (TPSA) is 43.8 Å². The van der Waals surface area contributed by atoms with Gasteiger partial charge in [-0.3, -0.25) is 4.79 Å². The van der Waals surface area contributed by atoms with Crippen LogP contribution in [0.5, 0.6) is 0 Å². The number of anilines is 1. The van der Waals surface area contributed by atoms with E-state index in [2.05, 4.69) is 4.90 Å². The summed E-state index contributed by atoms with van der Waals surface area (Å²) in [4.78, 5) is 16.2. The number of amides is 1. The van der Waals surface area contributed by atoms with Crippen LogP contribution in [0.3, 0.4) is 0 Å². The molecular formula is C15H20N2O2. The Balaban J connectivity index is 1.98. The van der Waals surface area contributed by atoms with Gasteiger partial charge in [0.05, 0.1) is 6.10 Å². The second-order valence-corrected chi connectivity index (χ2v) is 5.47. The van der Waals surface area contributed by atoms with E-state index in [1.165, 1.54) is 0 Å². The molecule has 19 heavy (non-hydrogen) atoms. The predicted octanol–water partition coefficient (Wildman–Crippen LogP) is 1.55. The van der Waals surface area contributed by atoms with Gasteiger partial charge in [0.2, 0.25) is 5.91 Å². The summed E-state index contributed by atoms with van der Waals surface area (Å²) in [5.41, 5.74) is 1.99. The first kappa shape index (κ1) is 12.5. The second-order valence-electron chi connectivity index (χ2n) is 5.47. The summed E-state index contributed by atoms with van der Waals surface area (Å²) in [5, 5.41) is 10.2. The van der Waals surface area contributed by atoms with Crippen LogP contribution in [-0.4, -0.2) is 42.1 Å². The normalized spacial score (nSPS) is 27.4. The molecule has 4 heteroatoms. The van der Waals surface area contributed by atoms with E-state index in [0.29, 0.717) is 0 Å². The van der Waals surface area contributed by atoms with Gasteiger partial charge >= 0.3 is 0 Å². The molecule has 0 aromatic heterocycles. The maximum Gasteiger partial charge on any atom is 0.245 e. The number of benzene rings is 1. The molecule has 0 aliphatic carbocycles. The first-order valence-corrected chi connectivity index (χ1v) is 6.97. The Labute approximate surface area is 113 Å². The highest BCUT2D eigenvalue weighted by atomic mass is 16.3. The average molecular weight is 260 g/mol. The lowest BCUT2D eigenvalue weighted by molar-refractivity contribution is -0.127. The Morgan fingerprint density at radius 3 is 2.74 bits per heavy atom. The molecule has 3 rings (SSSR count). The van der Waals surface area contributed by atoms with Crippen LogP contribution < -0.4 is 4.90 Å². The highest BCUT2D eigenvalue weighted by Gasteiger charge is 2.36. The van der Waals surface area contributed by atoms with Gasteiger partial charge in [-0.2, -0.15) is 0 Å². The largest absolute Gasteiger partial charge is 0.388 e. The number of rotatable bonds is 1. The summed E-state index contributed by atoms with van der Waals surface area (Å²) >= 11 is 0. The number of para-hydroxylation sites is 1. The molecule has 1 N–H and O–H groups in total. The lowest BCUT2D eigenvalue weighted by Gasteiger charge is -2.30. The monoisotopic (exact) mass is 260 g/mol. The number of aliphatic hydroxyl groups excluding tert-OH is 1. The number of likely N-dealkylation sites (tertiary alicyclic amines) is 1. The predicted molar refractivity (Wildman–Crippen MR) is 74.0 cm³/mol. The molecular weight excluding hydrogens is 240 g/mol. The highest BCUT2D eigenvalue weighted by Crippen LogP contribution is 2.35. The summed E-state index contributed by atoms with van der Waals surface area (Å²) in [6.07, 6.45) is 2.16. The number of carbonyl (C=O) groups is 1. The van der Waals surface area contributed by atoms with Crippen molar-refractivity contribution in [2.45, 2.75) is 31.4 Å². The summed E-state index contributed by atoms with van der Waals surface area (Å²) in [6, 6.07) is 7.87. The lowest BCUT2D eigenvalue weighted by Crippen LogP contribution is -2.41.